The topological polar surface area (TPSA) is 75.3 Å². The predicted octanol–water partition coefficient (Wildman–Crippen LogP) is 4.52. The van der Waals surface area contributed by atoms with Crippen molar-refractivity contribution < 1.29 is 17.6 Å². The van der Waals surface area contributed by atoms with Gasteiger partial charge in [0.25, 0.3) is 10.0 Å². The molecule has 0 aliphatic carbocycles. The van der Waals surface area contributed by atoms with Crippen LogP contribution in [0.25, 0.3) is 0 Å². The Bertz CT molecular complexity index is 1050. The van der Waals surface area contributed by atoms with Crippen LogP contribution in [0.4, 0.5) is 15.8 Å². The number of amides is 1. The van der Waals surface area contributed by atoms with Crippen LogP contribution < -0.4 is 10.0 Å². The van der Waals surface area contributed by atoms with Crippen molar-refractivity contribution in [1.29, 1.82) is 0 Å². The molecule has 3 rings (SSSR count). The van der Waals surface area contributed by atoms with E-state index in [4.69, 9.17) is 11.6 Å². The number of hydrogen-bond acceptors (Lipinski definition) is 4. The number of carbonyl (C=O) groups excluding carboxylic acids is 1. The van der Waals surface area contributed by atoms with Gasteiger partial charge in [0.2, 0.25) is 5.91 Å². The van der Waals surface area contributed by atoms with Gasteiger partial charge in [-0.15, -0.1) is 11.3 Å². The van der Waals surface area contributed by atoms with Gasteiger partial charge in [0, 0.05) is 11.4 Å². The molecule has 0 spiro atoms. The van der Waals surface area contributed by atoms with Crippen molar-refractivity contribution in [2.45, 2.75) is 10.6 Å². The average molecular weight is 425 g/mol. The Morgan fingerprint density at radius 1 is 1.07 bits per heavy atom. The number of halogens is 2. The molecule has 0 fully saturated rings. The number of thiophene rings is 1. The molecule has 0 bridgehead atoms. The zero-order valence-corrected chi connectivity index (χ0v) is 16.2. The van der Waals surface area contributed by atoms with E-state index in [1.165, 1.54) is 24.3 Å². The predicted molar refractivity (Wildman–Crippen MR) is 105 cm³/mol. The van der Waals surface area contributed by atoms with Gasteiger partial charge in [-0.25, -0.2) is 12.8 Å². The molecule has 140 valence electrons. The van der Waals surface area contributed by atoms with Crippen LogP contribution in [0, 0.1) is 5.82 Å². The summed E-state index contributed by atoms with van der Waals surface area (Å²) in [5.74, 6) is -0.861. The highest BCUT2D eigenvalue weighted by Gasteiger charge is 2.15. The minimum atomic E-state index is -3.61. The van der Waals surface area contributed by atoms with E-state index in [9.17, 15) is 17.6 Å². The van der Waals surface area contributed by atoms with Crippen molar-refractivity contribution in [3.05, 3.63) is 76.4 Å². The summed E-state index contributed by atoms with van der Waals surface area (Å²) < 4.78 is 40.2. The summed E-state index contributed by atoms with van der Waals surface area (Å²) in [4.78, 5) is 12.1. The second-order valence-corrected chi connectivity index (χ2v) is 8.85. The molecular weight excluding hydrogens is 411 g/mol. The highest BCUT2D eigenvalue weighted by molar-refractivity contribution is 7.94. The smallest absolute Gasteiger partial charge is 0.271 e. The third kappa shape index (κ3) is 5.06. The van der Waals surface area contributed by atoms with Crippen molar-refractivity contribution in [3.63, 3.8) is 0 Å². The van der Waals surface area contributed by atoms with E-state index in [1.54, 1.807) is 35.7 Å². The SMILES string of the molecule is O=C(Cc1ccc(NS(=O)(=O)c2cccs2)cc1)Nc1ccc(F)c(Cl)c1. The van der Waals surface area contributed by atoms with E-state index in [0.717, 1.165) is 11.3 Å². The minimum absolute atomic E-state index is 0.0739. The number of benzene rings is 2. The van der Waals surface area contributed by atoms with Gasteiger partial charge in [-0.1, -0.05) is 29.8 Å². The Kier molecular flexibility index (Phi) is 5.79. The number of carbonyl (C=O) groups is 1. The Hall–Kier alpha value is -2.42. The molecule has 0 saturated heterocycles. The van der Waals surface area contributed by atoms with Crippen molar-refractivity contribution in [2.24, 2.45) is 0 Å². The highest BCUT2D eigenvalue weighted by atomic mass is 35.5. The summed E-state index contributed by atoms with van der Waals surface area (Å²) in [6.07, 6.45) is 0.0763. The molecule has 5 nitrogen and oxygen atoms in total. The standard InChI is InChI=1S/C18H14ClFN2O3S2/c19-15-11-14(7-8-16(15)20)21-17(23)10-12-3-5-13(6-4-12)22-27(24,25)18-2-1-9-26-18/h1-9,11,22H,10H2,(H,21,23). The number of nitrogens with one attached hydrogen (secondary N) is 2. The molecule has 1 aromatic heterocycles. The second-order valence-electron chi connectivity index (χ2n) is 5.59. The fraction of sp³-hybridized carbons (Fsp3) is 0.0556. The molecular formula is C18H14ClFN2O3S2. The molecule has 2 aromatic carbocycles. The molecule has 0 radical (unpaired) electrons. The lowest BCUT2D eigenvalue weighted by Crippen LogP contribution is -2.14. The van der Waals surface area contributed by atoms with Crippen molar-refractivity contribution >= 4 is 50.2 Å². The lowest BCUT2D eigenvalue weighted by molar-refractivity contribution is -0.115. The van der Waals surface area contributed by atoms with Crippen LogP contribution in [0.15, 0.2) is 64.2 Å². The monoisotopic (exact) mass is 424 g/mol. The van der Waals surface area contributed by atoms with Gasteiger partial charge in [-0.2, -0.15) is 0 Å². The van der Waals surface area contributed by atoms with Crippen LogP contribution in [0.1, 0.15) is 5.56 Å². The van der Waals surface area contributed by atoms with E-state index >= 15 is 0 Å². The lowest BCUT2D eigenvalue weighted by Gasteiger charge is -2.08. The first-order chi connectivity index (χ1) is 12.8. The van der Waals surface area contributed by atoms with Gasteiger partial charge in [-0.3, -0.25) is 9.52 Å². The Balaban J connectivity index is 1.62. The van der Waals surface area contributed by atoms with E-state index in [-0.39, 0.29) is 21.6 Å². The van der Waals surface area contributed by atoms with E-state index in [2.05, 4.69) is 10.0 Å². The molecule has 0 atom stereocenters. The molecule has 1 heterocycles. The van der Waals surface area contributed by atoms with Gasteiger partial charge >= 0.3 is 0 Å². The summed E-state index contributed by atoms with van der Waals surface area (Å²) in [7, 11) is -3.61. The summed E-state index contributed by atoms with van der Waals surface area (Å²) in [5, 5.41) is 4.24. The maximum atomic E-state index is 13.1. The molecule has 9 heteroatoms. The third-order valence-corrected chi connectivity index (χ3v) is 6.60. The maximum absolute atomic E-state index is 13.1. The minimum Gasteiger partial charge on any atom is -0.326 e. The number of sulfonamides is 1. The van der Waals surface area contributed by atoms with Crippen molar-refractivity contribution in [2.75, 3.05) is 10.0 Å². The van der Waals surface area contributed by atoms with Crippen molar-refractivity contribution in [1.82, 2.24) is 0 Å². The first-order valence-corrected chi connectivity index (χ1v) is 10.5. The number of anilines is 2. The second kappa shape index (κ2) is 8.08. The summed E-state index contributed by atoms with van der Waals surface area (Å²) >= 11 is 6.81. The fourth-order valence-electron chi connectivity index (χ4n) is 2.28. The van der Waals surface area contributed by atoms with E-state index in [1.807, 2.05) is 0 Å². The summed E-state index contributed by atoms with van der Waals surface area (Å²) in [5.41, 5.74) is 1.49. The molecule has 0 aliphatic rings. The Morgan fingerprint density at radius 3 is 2.41 bits per heavy atom. The van der Waals surface area contributed by atoms with Gasteiger partial charge < -0.3 is 5.32 Å². The highest BCUT2D eigenvalue weighted by Crippen LogP contribution is 2.21. The van der Waals surface area contributed by atoms with Gasteiger partial charge in [0.05, 0.1) is 11.4 Å². The van der Waals surface area contributed by atoms with Crippen LogP contribution in [0.5, 0.6) is 0 Å². The Labute approximate surface area is 164 Å². The fourth-order valence-corrected chi connectivity index (χ4v) is 4.51. The maximum Gasteiger partial charge on any atom is 0.271 e. The first kappa shape index (κ1) is 19.3. The molecule has 2 N–H and O–H groups in total. The number of rotatable bonds is 6. The first-order valence-electron chi connectivity index (χ1n) is 7.74. The Morgan fingerprint density at radius 2 is 1.78 bits per heavy atom. The number of hydrogen-bond donors (Lipinski definition) is 2. The van der Waals surface area contributed by atoms with E-state index in [0.29, 0.717) is 16.9 Å². The van der Waals surface area contributed by atoms with E-state index < -0.39 is 15.8 Å². The van der Waals surface area contributed by atoms with Crippen LogP contribution >= 0.6 is 22.9 Å². The largest absolute Gasteiger partial charge is 0.326 e. The zero-order chi connectivity index (χ0) is 19.4. The molecule has 3 aromatic rings. The van der Waals surface area contributed by atoms with Gasteiger partial charge in [0.15, 0.2) is 0 Å². The average Bonchev–Trinajstić information content (AvgIpc) is 3.15. The normalized spacial score (nSPS) is 11.2. The molecule has 0 saturated carbocycles. The summed E-state index contributed by atoms with van der Waals surface area (Å²) in [6.45, 7) is 0. The van der Waals surface area contributed by atoms with Gasteiger partial charge in [0.1, 0.15) is 10.0 Å². The zero-order valence-electron chi connectivity index (χ0n) is 13.8. The van der Waals surface area contributed by atoms with Crippen LogP contribution in [0.2, 0.25) is 5.02 Å². The van der Waals surface area contributed by atoms with Gasteiger partial charge in [-0.05, 0) is 47.3 Å². The molecule has 0 unspecified atom stereocenters. The quantitative estimate of drug-likeness (QED) is 0.610. The third-order valence-electron chi connectivity index (χ3n) is 3.53. The molecule has 1 amide bonds. The molecule has 0 aliphatic heterocycles. The van der Waals surface area contributed by atoms with Crippen LogP contribution in [-0.4, -0.2) is 14.3 Å². The van der Waals surface area contributed by atoms with Crippen LogP contribution in [0.3, 0.4) is 0 Å². The molecule has 27 heavy (non-hydrogen) atoms. The lowest BCUT2D eigenvalue weighted by atomic mass is 10.1. The van der Waals surface area contributed by atoms with Crippen LogP contribution in [-0.2, 0) is 21.2 Å². The summed E-state index contributed by atoms with van der Waals surface area (Å²) in [6, 6.07) is 13.6. The van der Waals surface area contributed by atoms with Crippen molar-refractivity contribution in [3.8, 4) is 0 Å².